The number of hydrogen-bond acceptors (Lipinski definition) is 4. The molecule has 0 unspecified atom stereocenters. The maximum absolute atomic E-state index is 12.2. The number of nitrogens with one attached hydrogen (secondary N) is 1. The molecule has 0 saturated heterocycles. The third-order valence-corrected chi connectivity index (χ3v) is 3.84. The number of H-pyrrole nitrogens is 1. The van der Waals surface area contributed by atoms with Gasteiger partial charge in [0.2, 0.25) is 10.7 Å². The van der Waals surface area contributed by atoms with Gasteiger partial charge < -0.3 is 0 Å². The fourth-order valence-corrected chi connectivity index (χ4v) is 2.64. The summed E-state index contributed by atoms with van der Waals surface area (Å²) in [6.45, 7) is 2.09. The molecule has 2 heterocycles. The summed E-state index contributed by atoms with van der Waals surface area (Å²) >= 11 is 1.54. The Hall–Kier alpha value is -1.95. The molecule has 5 nitrogen and oxygen atoms in total. The molecule has 0 aliphatic rings. The van der Waals surface area contributed by atoms with Crippen molar-refractivity contribution in [3.05, 3.63) is 40.9 Å². The number of rotatable bonds is 3. The third kappa shape index (κ3) is 2.19. The molecule has 96 valence electrons. The lowest BCUT2D eigenvalue weighted by molar-refractivity contribution is -0.589. The fraction of sp³-hybridized carbons (Fsp3) is 0.231. The van der Waals surface area contributed by atoms with Gasteiger partial charge in [-0.2, -0.15) is 0 Å². The minimum absolute atomic E-state index is 0.132. The van der Waals surface area contributed by atoms with Gasteiger partial charge in [0.05, 0.1) is 5.39 Å². The second kappa shape index (κ2) is 4.97. The summed E-state index contributed by atoms with van der Waals surface area (Å²) in [7, 11) is 0. The number of fused-ring (bicyclic) bond motifs is 3. The normalized spacial score (nSPS) is 11.2. The highest BCUT2D eigenvalue weighted by molar-refractivity contribution is 7.99. The van der Waals surface area contributed by atoms with E-state index in [1.807, 2.05) is 24.3 Å². The van der Waals surface area contributed by atoms with Gasteiger partial charge in [0, 0.05) is 5.75 Å². The average Bonchev–Trinajstić information content (AvgIpc) is 2.44. The van der Waals surface area contributed by atoms with Gasteiger partial charge >= 0.3 is 11.9 Å². The van der Waals surface area contributed by atoms with Crippen LogP contribution in [0.1, 0.15) is 13.3 Å². The number of hydrogen-bond donors (Lipinski definition) is 1. The van der Waals surface area contributed by atoms with Crippen LogP contribution in [0.3, 0.4) is 0 Å². The monoisotopic (exact) mass is 273 g/mol. The first-order chi connectivity index (χ1) is 9.29. The standard InChI is InChI=1S/C13H12N4OS/c1-2-7-19-13-15-12(18)11-9-5-3-4-6-10(9)14-8-17(11)16-13/h3-6,8H,2,7H2,1H3/p+1. The van der Waals surface area contributed by atoms with Crippen molar-refractivity contribution in [2.24, 2.45) is 0 Å². The van der Waals surface area contributed by atoms with Crippen LogP contribution in [0, 0.1) is 0 Å². The molecule has 0 radical (unpaired) electrons. The van der Waals surface area contributed by atoms with Gasteiger partial charge in [-0.15, -0.1) is 0 Å². The Morgan fingerprint density at radius 2 is 2.21 bits per heavy atom. The smallest absolute Gasteiger partial charge is 0.295 e. The molecule has 3 aromatic rings. The Kier molecular flexibility index (Phi) is 3.16. The number of aromatic nitrogens is 4. The molecule has 0 amide bonds. The molecule has 0 bridgehead atoms. The number of aromatic amines is 1. The first-order valence-corrected chi connectivity index (χ1v) is 7.10. The molecular weight excluding hydrogens is 260 g/mol. The van der Waals surface area contributed by atoms with Gasteiger partial charge in [-0.25, -0.2) is 0 Å². The van der Waals surface area contributed by atoms with Gasteiger partial charge in [-0.3, -0.25) is 9.78 Å². The lowest BCUT2D eigenvalue weighted by Crippen LogP contribution is -2.35. The topological polar surface area (TPSA) is 62.7 Å². The van der Waals surface area contributed by atoms with Crippen molar-refractivity contribution in [1.29, 1.82) is 0 Å². The zero-order valence-electron chi connectivity index (χ0n) is 10.5. The van der Waals surface area contributed by atoms with E-state index in [-0.39, 0.29) is 5.56 Å². The molecule has 0 fully saturated rings. The predicted octanol–water partition coefficient (Wildman–Crippen LogP) is 1.56. The predicted molar refractivity (Wildman–Crippen MR) is 74.3 cm³/mol. The van der Waals surface area contributed by atoms with Gasteiger partial charge in [-0.1, -0.05) is 40.4 Å². The number of nitrogens with zero attached hydrogens (tertiary/aromatic N) is 3. The molecule has 2 aromatic heterocycles. The first-order valence-electron chi connectivity index (χ1n) is 6.12. The zero-order chi connectivity index (χ0) is 13.2. The minimum Gasteiger partial charge on any atom is -0.295 e. The summed E-state index contributed by atoms with van der Waals surface area (Å²) in [6.07, 6.45) is 2.62. The molecule has 0 aliphatic carbocycles. The van der Waals surface area contributed by atoms with Crippen molar-refractivity contribution < 1.29 is 4.52 Å². The zero-order valence-corrected chi connectivity index (χ0v) is 11.3. The van der Waals surface area contributed by atoms with Crippen molar-refractivity contribution in [3.63, 3.8) is 0 Å². The molecule has 0 aliphatic heterocycles. The van der Waals surface area contributed by atoms with E-state index in [4.69, 9.17) is 0 Å². The highest BCUT2D eigenvalue weighted by Gasteiger charge is 2.14. The number of para-hydroxylation sites is 1. The van der Waals surface area contributed by atoms with E-state index in [0.717, 1.165) is 23.1 Å². The number of benzene rings is 1. The van der Waals surface area contributed by atoms with Crippen LogP contribution in [-0.2, 0) is 0 Å². The Balaban J connectivity index is 2.27. The Morgan fingerprint density at radius 1 is 1.37 bits per heavy atom. The SMILES string of the molecule is CCCSc1n[n+]2cnc3ccccc3c2c(=O)[nH]1. The largest absolute Gasteiger partial charge is 0.312 e. The second-order valence-electron chi connectivity index (χ2n) is 4.16. The van der Waals surface area contributed by atoms with E-state index in [0.29, 0.717) is 10.7 Å². The van der Waals surface area contributed by atoms with Crippen LogP contribution in [0.5, 0.6) is 0 Å². The van der Waals surface area contributed by atoms with Crippen LogP contribution >= 0.6 is 11.8 Å². The molecule has 0 spiro atoms. The van der Waals surface area contributed by atoms with Gasteiger partial charge in [0.25, 0.3) is 0 Å². The van der Waals surface area contributed by atoms with E-state index in [1.165, 1.54) is 11.8 Å². The molecular formula is C13H13N4OS+. The van der Waals surface area contributed by atoms with Crippen LogP contribution in [0.4, 0.5) is 0 Å². The van der Waals surface area contributed by atoms with E-state index >= 15 is 0 Å². The van der Waals surface area contributed by atoms with E-state index in [9.17, 15) is 4.79 Å². The molecule has 19 heavy (non-hydrogen) atoms. The van der Waals surface area contributed by atoms with Crippen LogP contribution < -0.4 is 10.1 Å². The lowest BCUT2D eigenvalue weighted by atomic mass is 10.2. The van der Waals surface area contributed by atoms with Gasteiger partial charge in [-0.05, 0) is 23.5 Å². The summed E-state index contributed by atoms with van der Waals surface area (Å²) in [4.78, 5) is 19.4. The highest BCUT2D eigenvalue weighted by Crippen LogP contribution is 2.13. The fourth-order valence-electron chi connectivity index (χ4n) is 1.93. The Morgan fingerprint density at radius 3 is 3.05 bits per heavy atom. The summed E-state index contributed by atoms with van der Waals surface area (Å²) in [6, 6.07) is 7.56. The molecule has 6 heteroatoms. The summed E-state index contributed by atoms with van der Waals surface area (Å²) in [5.74, 6) is 0.927. The van der Waals surface area contributed by atoms with Gasteiger partial charge in [0.15, 0.2) is 5.52 Å². The van der Waals surface area contributed by atoms with E-state index < -0.39 is 0 Å². The number of thioether (sulfide) groups is 1. The van der Waals surface area contributed by atoms with Crippen molar-refractivity contribution in [2.75, 3.05) is 5.75 Å². The summed E-state index contributed by atoms with van der Waals surface area (Å²) < 4.78 is 1.55. The Labute approximate surface area is 113 Å². The van der Waals surface area contributed by atoms with Crippen molar-refractivity contribution in [3.8, 4) is 0 Å². The Bertz CT molecular complexity index is 799. The van der Waals surface area contributed by atoms with Crippen LogP contribution in [0.15, 0.2) is 40.5 Å². The molecule has 0 saturated carbocycles. The van der Waals surface area contributed by atoms with Crippen LogP contribution in [-0.4, -0.2) is 20.8 Å². The van der Waals surface area contributed by atoms with Crippen LogP contribution in [0.25, 0.3) is 16.4 Å². The second-order valence-corrected chi connectivity index (χ2v) is 5.25. The average molecular weight is 273 g/mol. The molecule has 0 atom stereocenters. The van der Waals surface area contributed by atoms with Crippen molar-refractivity contribution in [2.45, 2.75) is 18.5 Å². The molecule has 3 rings (SSSR count). The quantitative estimate of drug-likeness (QED) is 0.447. The van der Waals surface area contributed by atoms with Gasteiger partial charge in [0.1, 0.15) is 0 Å². The van der Waals surface area contributed by atoms with Crippen molar-refractivity contribution in [1.82, 2.24) is 15.1 Å². The molecule has 1 aromatic carbocycles. The summed E-state index contributed by atoms with van der Waals surface area (Å²) in [5, 5.41) is 5.82. The minimum atomic E-state index is -0.132. The summed E-state index contributed by atoms with van der Waals surface area (Å²) in [5.41, 5.74) is 1.20. The van der Waals surface area contributed by atoms with Crippen molar-refractivity contribution >= 4 is 28.2 Å². The maximum Gasteiger partial charge on any atom is 0.312 e. The lowest BCUT2D eigenvalue weighted by Gasteiger charge is -1.99. The first kappa shape index (κ1) is 12.1. The third-order valence-electron chi connectivity index (χ3n) is 2.77. The van der Waals surface area contributed by atoms with Crippen LogP contribution in [0.2, 0.25) is 0 Å². The van der Waals surface area contributed by atoms with E-state index in [1.54, 1.807) is 10.8 Å². The molecule has 1 N–H and O–H groups in total. The van der Waals surface area contributed by atoms with E-state index in [2.05, 4.69) is 22.0 Å². The maximum atomic E-state index is 12.2. The highest BCUT2D eigenvalue weighted by atomic mass is 32.2.